The van der Waals surface area contributed by atoms with E-state index in [9.17, 15) is 13.2 Å². The molecule has 104 valence electrons. The third-order valence-electron chi connectivity index (χ3n) is 3.41. The van der Waals surface area contributed by atoms with Crippen molar-refractivity contribution in [1.29, 1.82) is 0 Å². The Morgan fingerprint density at radius 3 is 2.63 bits per heavy atom. The van der Waals surface area contributed by atoms with Gasteiger partial charge in [0.05, 0.1) is 4.90 Å². The number of aryl methyl sites for hydroxylation is 1. The number of primary sulfonamides is 1. The molecule has 0 heterocycles. The van der Waals surface area contributed by atoms with E-state index in [1.54, 1.807) is 13.0 Å². The van der Waals surface area contributed by atoms with Gasteiger partial charge in [0.15, 0.2) is 0 Å². The highest BCUT2D eigenvalue weighted by atomic mass is 32.2. The molecule has 1 aromatic rings. The summed E-state index contributed by atoms with van der Waals surface area (Å²) in [5.74, 6) is 0.307. The van der Waals surface area contributed by atoms with Gasteiger partial charge in [0.1, 0.15) is 0 Å². The van der Waals surface area contributed by atoms with Crippen LogP contribution in [0.4, 0.5) is 0 Å². The van der Waals surface area contributed by atoms with Crippen LogP contribution >= 0.6 is 0 Å². The summed E-state index contributed by atoms with van der Waals surface area (Å²) in [4.78, 5) is 12.0. The molecule has 6 heteroatoms. The number of sulfonamides is 1. The van der Waals surface area contributed by atoms with E-state index in [4.69, 9.17) is 5.14 Å². The van der Waals surface area contributed by atoms with Gasteiger partial charge in [-0.15, -0.1) is 0 Å². The third-order valence-corrected chi connectivity index (χ3v) is 4.30. The summed E-state index contributed by atoms with van der Waals surface area (Å²) in [5.41, 5.74) is 1.03. The average molecular weight is 282 g/mol. The minimum absolute atomic E-state index is 0.0273. The molecule has 1 aliphatic carbocycles. The fraction of sp³-hybridized carbons (Fsp3) is 0.462. The number of nitrogens with two attached hydrogens (primary N) is 1. The number of hydrogen-bond donors (Lipinski definition) is 2. The second-order valence-electron chi connectivity index (χ2n) is 5.06. The molecule has 2 unspecified atom stereocenters. The third kappa shape index (κ3) is 3.33. The monoisotopic (exact) mass is 282 g/mol. The predicted molar refractivity (Wildman–Crippen MR) is 72.2 cm³/mol. The number of carbonyl (C=O) groups is 1. The van der Waals surface area contributed by atoms with Crippen LogP contribution in [-0.4, -0.2) is 20.4 Å². The lowest BCUT2D eigenvalue weighted by Gasteiger charge is -2.07. The van der Waals surface area contributed by atoms with E-state index < -0.39 is 10.0 Å². The Balaban J connectivity index is 2.20. The van der Waals surface area contributed by atoms with Gasteiger partial charge >= 0.3 is 0 Å². The summed E-state index contributed by atoms with van der Waals surface area (Å²) in [6, 6.07) is 4.66. The molecule has 1 saturated carbocycles. The van der Waals surface area contributed by atoms with E-state index in [0.29, 0.717) is 17.0 Å². The maximum absolute atomic E-state index is 12.0. The van der Waals surface area contributed by atoms with Crippen LogP contribution in [0.15, 0.2) is 23.1 Å². The highest BCUT2D eigenvalue weighted by Gasteiger charge is 2.36. The van der Waals surface area contributed by atoms with Gasteiger partial charge in [0.25, 0.3) is 5.91 Å². The average Bonchev–Trinajstić information content (AvgIpc) is 3.05. The minimum atomic E-state index is -3.79. The van der Waals surface area contributed by atoms with Crippen molar-refractivity contribution in [2.75, 3.05) is 0 Å². The van der Waals surface area contributed by atoms with Crippen LogP contribution in [0.5, 0.6) is 0 Å². The summed E-state index contributed by atoms with van der Waals surface area (Å²) in [7, 11) is -3.79. The van der Waals surface area contributed by atoms with Gasteiger partial charge in [-0.2, -0.15) is 0 Å². The normalized spacial score (nSPS) is 22.1. The number of rotatable bonds is 4. The van der Waals surface area contributed by atoms with Crippen LogP contribution in [0.1, 0.15) is 35.7 Å². The molecule has 0 aromatic heterocycles. The Labute approximate surface area is 113 Å². The van der Waals surface area contributed by atoms with Crippen LogP contribution in [0.25, 0.3) is 0 Å². The first-order valence-electron chi connectivity index (χ1n) is 6.26. The number of nitrogens with one attached hydrogen (secondary N) is 1. The standard InChI is InChI=1S/C13H18N2O3S/c1-3-9-7-12(9)15-13(16)10-4-8(2)5-11(6-10)19(14,17)18/h4-6,9,12H,3,7H2,1-2H3,(H,15,16)(H2,14,17,18). The van der Waals surface area contributed by atoms with Gasteiger partial charge < -0.3 is 5.32 Å². The Kier molecular flexibility index (Phi) is 3.64. The van der Waals surface area contributed by atoms with Crippen LogP contribution in [0, 0.1) is 12.8 Å². The number of hydrogen-bond acceptors (Lipinski definition) is 3. The number of amides is 1. The van der Waals surface area contributed by atoms with Crippen molar-refractivity contribution in [3.8, 4) is 0 Å². The molecule has 2 rings (SSSR count). The molecule has 19 heavy (non-hydrogen) atoms. The molecular formula is C13H18N2O3S. The van der Waals surface area contributed by atoms with E-state index in [0.717, 1.165) is 12.8 Å². The fourth-order valence-electron chi connectivity index (χ4n) is 2.17. The molecule has 1 amide bonds. The fourth-order valence-corrected chi connectivity index (χ4v) is 2.81. The zero-order valence-corrected chi connectivity index (χ0v) is 11.8. The van der Waals surface area contributed by atoms with E-state index >= 15 is 0 Å². The lowest BCUT2D eigenvalue weighted by molar-refractivity contribution is 0.0948. The largest absolute Gasteiger partial charge is 0.349 e. The van der Waals surface area contributed by atoms with Crippen molar-refractivity contribution in [1.82, 2.24) is 5.32 Å². The highest BCUT2D eigenvalue weighted by Crippen LogP contribution is 2.33. The van der Waals surface area contributed by atoms with Crippen LogP contribution < -0.4 is 10.5 Å². The molecular weight excluding hydrogens is 264 g/mol. The lowest BCUT2D eigenvalue weighted by atomic mass is 10.1. The first-order chi connectivity index (χ1) is 8.81. The Hall–Kier alpha value is -1.40. The first kappa shape index (κ1) is 14.0. The van der Waals surface area contributed by atoms with Gasteiger partial charge in [-0.25, -0.2) is 13.6 Å². The molecule has 0 saturated heterocycles. The highest BCUT2D eigenvalue weighted by molar-refractivity contribution is 7.89. The molecule has 0 aliphatic heterocycles. The molecule has 3 N–H and O–H groups in total. The Morgan fingerprint density at radius 1 is 1.42 bits per heavy atom. The maximum atomic E-state index is 12.0. The van der Waals surface area contributed by atoms with Gasteiger partial charge in [0, 0.05) is 11.6 Å². The van der Waals surface area contributed by atoms with Crippen molar-refractivity contribution in [3.63, 3.8) is 0 Å². The summed E-state index contributed by atoms with van der Waals surface area (Å²) < 4.78 is 22.7. The first-order valence-corrected chi connectivity index (χ1v) is 7.81. The Morgan fingerprint density at radius 2 is 2.11 bits per heavy atom. The summed E-state index contributed by atoms with van der Waals surface area (Å²) in [6.07, 6.45) is 2.04. The second-order valence-corrected chi connectivity index (χ2v) is 6.63. The minimum Gasteiger partial charge on any atom is -0.349 e. The van der Waals surface area contributed by atoms with Crippen LogP contribution in [-0.2, 0) is 10.0 Å². The SMILES string of the molecule is CCC1CC1NC(=O)c1cc(C)cc(S(N)(=O)=O)c1. The zero-order chi connectivity index (χ0) is 14.2. The van der Waals surface area contributed by atoms with Crippen molar-refractivity contribution >= 4 is 15.9 Å². The van der Waals surface area contributed by atoms with Gasteiger partial charge in [0.2, 0.25) is 10.0 Å². The van der Waals surface area contributed by atoms with Gasteiger partial charge in [-0.3, -0.25) is 4.79 Å². The van der Waals surface area contributed by atoms with Crippen LogP contribution in [0.3, 0.4) is 0 Å². The molecule has 1 aromatic carbocycles. The van der Waals surface area contributed by atoms with Crippen LogP contribution in [0.2, 0.25) is 0 Å². The van der Waals surface area contributed by atoms with E-state index in [2.05, 4.69) is 12.2 Å². The van der Waals surface area contributed by atoms with E-state index in [1.165, 1.54) is 12.1 Å². The molecule has 5 nitrogen and oxygen atoms in total. The zero-order valence-electron chi connectivity index (χ0n) is 11.0. The summed E-state index contributed by atoms with van der Waals surface area (Å²) in [6.45, 7) is 3.82. The van der Waals surface area contributed by atoms with Crippen molar-refractivity contribution in [2.24, 2.45) is 11.1 Å². The molecule has 1 aliphatic rings. The topological polar surface area (TPSA) is 89.3 Å². The molecule has 2 atom stereocenters. The van der Waals surface area contributed by atoms with Crippen molar-refractivity contribution < 1.29 is 13.2 Å². The van der Waals surface area contributed by atoms with Gasteiger partial charge in [-0.1, -0.05) is 13.3 Å². The number of carbonyl (C=O) groups excluding carboxylic acids is 1. The molecule has 0 bridgehead atoms. The number of benzene rings is 1. The summed E-state index contributed by atoms with van der Waals surface area (Å²) in [5, 5.41) is 7.99. The molecule has 0 spiro atoms. The van der Waals surface area contributed by atoms with Crippen molar-refractivity contribution in [3.05, 3.63) is 29.3 Å². The Bertz CT molecular complexity index is 610. The van der Waals surface area contributed by atoms with Crippen molar-refractivity contribution in [2.45, 2.75) is 37.6 Å². The molecule has 1 fully saturated rings. The van der Waals surface area contributed by atoms with E-state index in [1.807, 2.05) is 0 Å². The van der Waals surface area contributed by atoms with E-state index in [-0.39, 0.29) is 16.8 Å². The molecule has 0 radical (unpaired) electrons. The lowest BCUT2D eigenvalue weighted by Crippen LogP contribution is -2.27. The maximum Gasteiger partial charge on any atom is 0.251 e. The predicted octanol–water partition coefficient (Wildman–Crippen LogP) is 1.17. The second kappa shape index (κ2) is 4.94. The van der Waals surface area contributed by atoms with Gasteiger partial charge in [-0.05, 0) is 43.0 Å². The summed E-state index contributed by atoms with van der Waals surface area (Å²) >= 11 is 0. The smallest absolute Gasteiger partial charge is 0.251 e. The quantitative estimate of drug-likeness (QED) is 0.868.